The minimum absolute atomic E-state index is 0.00782. The molecule has 0 spiro atoms. The lowest BCUT2D eigenvalue weighted by atomic mass is 9.83. The number of hydrogen-bond donors (Lipinski definition) is 0. The molecule has 176 valence electrons. The first kappa shape index (κ1) is 22.9. The molecule has 0 bridgehead atoms. The second-order valence-electron chi connectivity index (χ2n) is 9.30. The lowest BCUT2D eigenvalue weighted by Gasteiger charge is -2.20. The second kappa shape index (κ2) is 8.40. The summed E-state index contributed by atoms with van der Waals surface area (Å²) in [5.41, 5.74) is 2.69. The maximum Gasteiger partial charge on any atom is 0.163 e. The minimum atomic E-state index is -3.12. The number of carbonyl (C=O) groups is 1. The lowest BCUT2D eigenvalue weighted by molar-refractivity contribution is 0.0934. The van der Waals surface area contributed by atoms with Crippen molar-refractivity contribution in [2.45, 2.75) is 19.8 Å². The van der Waals surface area contributed by atoms with E-state index in [0.717, 1.165) is 5.39 Å². The zero-order chi connectivity index (χ0) is 24.8. The molecule has 0 aliphatic carbocycles. The third kappa shape index (κ3) is 4.45. The standard InChI is InChI=1S/C26H21FN4O3S/c1-26(8-9-35(33,34)16-26)12-24(32)18-2-7-22-23(11-18)31(21-5-3-20(27)4-6-21)30-25(22)19-10-17(13-28)14-29-15-19/h2-7,10-11,14-15H,8-9,12,16H2,1H3. The van der Waals surface area contributed by atoms with E-state index in [0.29, 0.717) is 40.0 Å². The summed E-state index contributed by atoms with van der Waals surface area (Å²) in [5.74, 6) is -0.416. The SMILES string of the molecule is CC1(CC(=O)c2ccc3c(-c4cncc(C#N)c4)nn(-c4ccc(F)cc4)c3c2)CCS(=O)(=O)C1. The number of benzene rings is 2. The average molecular weight is 489 g/mol. The number of carbonyl (C=O) groups excluding carboxylic acids is 1. The predicted molar refractivity (Wildman–Crippen MR) is 129 cm³/mol. The van der Waals surface area contributed by atoms with Crippen molar-refractivity contribution in [2.75, 3.05) is 11.5 Å². The van der Waals surface area contributed by atoms with Gasteiger partial charge in [-0.1, -0.05) is 13.0 Å². The Hall–Kier alpha value is -3.90. The summed E-state index contributed by atoms with van der Waals surface area (Å²) in [7, 11) is -3.12. The number of hydrogen-bond acceptors (Lipinski definition) is 6. The normalized spacial score (nSPS) is 19.0. The molecular weight excluding hydrogens is 467 g/mol. The van der Waals surface area contributed by atoms with Crippen molar-refractivity contribution in [3.8, 4) is 23.0 Å². The third-order valence-electron chi connectivity index (χ3n) is 6.39. The molecule has 0 N–H and O–H groups in total. The van der Waals surface area contributed by atoms with E-state index >= 15 is 0 Å². The zero-order valence-electron chi connectivity index (χ0n) is 18.9. The van der Waals surface area contributed by atoms with Gasteiger partial charge in [0.25, 0.3) is 0 Å². The average Bonchev–Trinajstić information content (AvgIpc) is 3.35. The molecule has 9 heteroatoms. The Bertz CT molecular complexity index is 1620. The van der Waals surface area contributed by atoms with Crippen molar-refractivity contribution in [1.29, 1.82) is 5.26 Å². The van der Waals surface area contributed by atoms with Crippen molar-refractivity contribution in [1.82, 2.24) is 14.8 Å². The predicted octanol–water partition coefficient (Wildman–Crippen LogP) is 4.50. The van der Waals surface area contributed by atoms with Gasteiger partial charge in [0.15, 0.2) is 15.6 Å². The van der Waals surface area contributed by atoms with Crippen LogP contribution in [0.3, 0.4) is 0 Å². The van der Waals surface area contributed by atoms with Crippen LogP contribution >= 0.6 is 0 Å². The maximum atomic E-state index is 13.6. The van der Waals surface area contributed by atoms with Crippen LogP contribution in [0.4, 0.5) is 4.39 Å². The molecule has 1 aliphatic heterocycles. The Labute approximate surface area is 201 Å². The smallest absolute Gasteiger partial charge is 0.163 e. The number of rotatable bonds is 5. The van der Waals surface area contributed by atoms with Crippen molar-refractivity contribution in [2.24, 2.45) is 5.41 Å². The topological polar surface area (TPSA) is 106 Å². The minimum Gasteiger partial charge on any atom is -0.294 e. The molecule has 4 aromatic rings. The summed E-state index contributed by atoms with van der Waals surface area (Å²) in [6, 6.07) is 14.8. The highest BCUT2D eigenvalue weighted by Crippen LogP contribution is 2.37. The molecule has 0 radical (unpaired) electrons. The van der Waals surface area contributed by atoms with Crippen molar-refractivity contribution < 1.29 is 17.6 Å². The largest absolute Gasteiger partial charge is 0.294 e. The van der Waals surface area contributed by atoms with E-state index in [2.05, 4.69) is 11.1 Å². The number of pyridine rings is 1. The molecule has 0 amide bonds. The first-order chi connectivity index (χ1) is 16.7. The highest BCUT2D eigenvalue weighted by Gasteiger charge is 2.39. The van der Waals surface area contributed by atoms with Gasteiger partial charge in [-0.15, -0.1) is 0 Å². The fraction of sp³-hybridized carbons (Fsp3) is 0.231. The summed E-state index contributed by atoms with van der Waals surface area (Å²) in [6.07, 6.45) is 3.66. The van der Waals surface area contributed by atoms with Crippen LogP contribution < -0.4 is 0 Å². The molecule has 0 saturated carbocycles. The van der Waals surface area contributed by atoms with Crippen LogP contribution in [0.1, 0.15) is 35.7 Å². The number of ketones is 1. The molecular formula is C26H21FN4O3S. The van der Waals surface area contributed by atoms with Crippen LogP contribution in [0.5, 0.6) is 0 Å². The Morgan fingerprint density at radius 2 is 1.94 bits per heavy atom. The van der Waals surface area contributed by atoms with Crippen LogP contribution in [0.2, 0.25) is 0 Å². The lowest BCUT2D eigenvalue weighted by Crippen LogP contribution is -2.22. The summed E-state index contributed by atoms with van der Waals surface area (Å²) in [4.78, 5) is 17.3. The molecule has 2 aromatic carbocycles. The van der Waals surface area contributed by atoms with Gasteiger partial charge in [0.2, 0.25) is 0 Å². The first-order valence-electron chi connectivity index (χ1n) is 11.0. The van der Waals surface area contributed by atoms with Gasteiger partial charge >= 0.3 is 0 Å². The van der Waals surface area contributed by atoms with E-state index < -0.39 is 15.3 Å². The fourth-order valence-corrected chi connectivity index (χ4v) is 6.87. The second-order valence-corrected chi connectivity index (χ2v) is 11.5. The Morgan fingerprint density at radius 1 is 1.17 bits per heavy atom. The van der Waals surface area contributed by atoms with Gasteiger partial charge < -0.3 is 0 Å². The van der Waals surface area contributed by atoms with E-state index in [1.54, 1.807) is 47.3 Å². The molecule has 5 rings (SSSR count). The molecule has 3 heterocycles. The van der Waals surface area contributed by atoms with E-state index in [1.165, 1.54) is 18.3 Å². The van der Waals surface area contributed by atoms with Crippen molar-refractivity contribution in [3.63, 3.8) is 0 Å². The van der Waals surface area contributed by atoms with Gasteiger partial charge in [0, 0.05) is 35.3 Å². The van der Waals surface area contributed by atoms with Gasteiger partial charge in [-0.25, -0.2) is 17.5 Å². The Morgan fingerprint density at radius 3 is 2.63 bits per heavy atom. The summed E-state index contributed by atoms with van der Waals surface area (Å²) >= 11 is 0. The number of fused-ring (bicyclic) bond motifs is 1. The molecule has 1 saturated heterocycles. The van der Waals surface area contributed by atoms with Gasteiger partial charge in [-0.05, 0) is 54.3 Å². The number of Topliss-reactive ketones (excluding diaryl/α,β-unsaturated/α-hetero) is 1. The highest BCUT2D eigenvalue weighted by molar-refractivity contribution is 7.91. The van der Waals surface area contributed by atoms with Crippen LogP contribution in [0.25, 0.3) is 27.8 Å². The quantitative estimate of drug-likeness (QED) is 0.383. The molecule has 1 unspecified atom stereocenters. The Balaban J connectivity index is 1.61. The summed E-state index contributed by atoms with van der Waals surface area (Å²) < 4.78 is 39.1. The van der Waals surface area contributed by atoms with Gasteiger partial charge in [-0.3, -0.25) is 9.78 Å². The van der Waals surface area contributed by atoms with Crippen LogP contribution in [-0.2, 0) is 9.84 Å². The summed E-state index contributed by atoms with van der Waals surface area (Å²) in [6.45, 7) is 1.84. The number of aromatic nitrogens is 3. The van der Waals surface area contributed by atoms with E-state index in [1.807, 2.05) is 6.92 Å². The van der Waals surface area contributed by atoms with Crippen LogP contribution in [-0.4, -0.2) is 40.5 Å². The van der Waals surface area contributed by atoms with E-state index in [4.69, 9.17) is 5.10 Å². The zero-order valence-corrected chi connectivity index (χ0v) is 19.7. The maximum absolute atomic E-state index is 13.6. The third-order valence-corrected chi connectivity index (χ3v) is 8.35. The molecule has 1 atom stereocenters. The van der Waals surface area contributed by atoms with Crippen molar-refractivity contribution in [3.05, 3.63) is 77.9 Å². The Kier molecular flexibility index (Phi) is 5.49. The number of halogens is 1. The first-order valence-corrected chi connectivity index (χ1v) is 12.9. The molecule has 1 fully saturated rings. The molecule has 7 nitrogen and oxygen atoms in total. The number of nitrogens with zero attached hydrogens (tertiary/aromatic N) is 4. The van der Waals surface area contributed by atoms with E-state index in [-0.39, 0.29) is 29.5 Å². The van der Waals surface area contributed by atoms with Crippen molar-refractivity contribution >= 4 is 26.5 Å². The number of nitriles is 1. The molecule has 1 aliphatic rings. The summed E-state index contributed by atoms with van der Waals surface area (Å²) in [5, 5.41) is 14.7. The van der Waals surface area contributed by atoms with Gasteiger partial charge in [0.05, 0.1) is 28.3 Å². The van der Waals surface area contributed by atoms with Gasteiger partial charge in [-0.2, -0.15) is 10.4 Å². The highest BCUT2D eigenvalue weighted by atomic mass is 32.2. The fourth-order valence-electron chi connectivity index (χ4n) is 4.62. The molecule has 35 heavy (non-hydrogen) atoms. The molecule has 2 aromatic heterocycles. The van der Waals surface area contributed by atoms with Crippen LogP contribution in [0.15, 0.2) is 60.9 Å². The van der Waals surface area contributed by atoms with Crippen LogP contribution in [0, 0.1) is 22.6 Å². The monoisotopic (exact) mass is 488 g/mol. The van der Waals surface area contributed by atoms with E-state index in [9.17, 15) is 22.9 Å². The van der Waals surface area contributed by atoms with Gasteiger partial charge in [0.1, 0.15) is 17.6 Å². The number of sulfone groups is 1.